The van der Waals surface area contributed by atoms with Gasteiger partial charge in [0, 0.05) is 4.83 Å². The minimum atomic E-state index is -2.97. The highest BCUT2D eigenvalue weighted by Crippen LogP contribution is 2.26. The van der Waals surface area contributed by atoms with Gasteiger partial charge in [-0.05, 0) is 25.7 Å². The fraction of sp³-hybridized carbons (Fsp3) is 0.778. The highest BCUT2D eigenvalue weighted by molar-refractivity contribution is 9.11. The van der Waals surface area contributed by atoms with Gasteiger partial charge in [-0.25, -0.2) is 8.42 Å². The van der Waals surface area contributed by atoms with Gasteiger partial charge in [0.2, 0.25) is 0 Å². The van der Waals surface area contributed by atoms with E-state index in [-0.39, 0.29) is 14.7 Å². The van der Waals surface area contributed by atoms with Crippen LogP contribution >= 0.6 is 31.9 Å². The molecule has 1 aliphatic carbocycles. The number of rotatable bonds is 2. The first-order valence-corrected chi connectivity index (χ1v) is 8.40. The summed E-state index contributed by atoms with van der Waals surface area (Å²) in [6.45, 7) is 0. The van der Waals surface area contributed by atoms with Crippen molar-refractivity contribution in [1.29, 1.82) is 0 Å². The predicted molar refractivity (Wildman–Crippen MR) is 66.8 cm³/mol. The topological polar surface area (TPSA) is 34.1 Å². The lowest BCUT2D eigenvalue weighted by Gasteiger charge is -2.22. The molecular weight excluding hydrogens is 332 g/mol. The third kappa shape index (κ3) is 3.35. The van der Waals surface area contributed by atoms with Crippen molar-refractivity contribution in [2.45, 2.75) is 35.8 Å². The van der Waals surface area contributed by atoms with E-state index in [0.717, 1.165) is 25.7 Å². The van der Waals surface area contributed by atoms with Crippen LogP contribution in [0, 0.1) is 0 Å². The second-order valence-corrected chi connectivity index (χ2v) is 8.15. The third-order valence-corrected chi connectivity index (χ3v) is 7.56. The van der Waals surface area contributed by atoms with E-state index in [4.69, 9.17) is 0 Å². The maximum Gasteiger partial charge on any atom is 0.164 e. The second kappa shape index (κ2) is 5.66. The van der Waals surface area contributed by atoms with Gasteiger partial charge in [0.05, 0.1) is 5.25 Å². The molecule has 0 aromatic rings. The van der Waals surface area contributed by atoms with Gasteiger partial charge in [-0.15, -0.1) is 0 Å². The first kappa shape index (κ1) is 12.7. The molecule has 0 aliphatic heterocycles. The Morgan fingerprint density at radius 1 is 1.21 bits per heavy atom. The van der Waals surface area contributed by atoms with E-state index in [1.54, 1.807) is 0 Å². The fourth-order valence-electron chi connectivity index (χ4n) is 1.60. The van der Waals surface area contributed by atoms with Gasteiger partial charge in [-0.2, -0.15) is 0 Å². The van der Waals surface area contributed by atoms with Crippen LogP contribution in [0.4, 0.5) is 0 Å². The molecule has 0 aromatic heterocycles. The molecule has 2 unspecified atom stereocenters. The summed E-state index contributed by atoms with van der Waals surface area (Å²) in [6, 6.07) is 0. The van der Waals surface area contributed by atoms with E-state index in [1.165, 1.54) is 0 Å². The Kier molecular flexibility index (Phi) is 5.14. The van der Waals surface area contributed by atoms with Crippen molar-refractivity contribution in [2.24, 2.45) is 0 Å². The lowest BCUT2D eigenvalue weighted by Crippen LogP contribution is -2.31. The van der Waals surface area contributed by atoms with Gasteiger partial charge in [0.1, 0.15) is 4.66 Å². The summed E-state index contributed by atoms with van der Waals surface area (Å²) >= 11 is 6.53. The summed E-state index contributed by atoms with van der Waals surface area (Å²) in [5.74, 6) is 0. The van der Waals surface area contributed by atoms with Crippen molar-refractivity contribution in [3.8, 4) is 0 Å². The van der Waals surface area contributed by atoms with Crippen LogP contribution in [0.15, 0.2) is 12.2 Å². The Labute approximate surface area is 102 Å². The molecule has 0 bridgehead atoms. The van der Waals surface area contributed by atoms with E-state index in [2.05, 4.69) is 44.0 Å². The smallest absolute Gasteiger partial charge is 0.164 e. The SMILES string of the molecule is O=S(=O)(CBr)C1CC/C=C\CCC1Br. The van der Waals surface area contributed by atoms with E-state index in [9.17, 15) is 8.42 Å². The molecule has 14 heavy (non-hydrogen) atoms. The molecule has 0 fully saturated rings. The summed E-state index contributed by atoms with van der Waals surface area (Å²) in [6.07, 6.45) is 7.65. The fourth-order valence-corrected chi connectivity index (χ4v) is 5.38. The van der Waals surface area contributed by atoms with Crippen LogP contribution in [0.5, 0.6) is 0 Å². The number of hydrogen-bond acceptors (Lipinski definition) is 2. The van der Waals surface area contributed by atoms with Gasteiger partial charge in [0.15, 0.2) is 9.84 Å². The maximum absolute atomic E-state index is 11.7. The average Bonchev–Trinajstić information content (AvgIpc) is 2.11. The summed E-state index contributed by atoms with van der Waals surface area (Å²) in [4.78, 5) is 0.0926. The third-order valence-electron chi connectivity index (χ3n) is 2.41. The molecule has 0 radical (unpaired) electrons. The molecule has 0 amide bonds. The lowest BCUT2D eigenvalue weighted by molar-refractivity contribution is 0.563. The number of hydrogen-bond donors (Lipinski definition) is 0. The predicted octanol–water partition coefficient (Wildman–Crippen LogP) is 3.02. The Bertz CT molecular complexity index is 298. The normalized spacial score (nSPS) is 31.9. The van der Waals surface area contributed by atoms with Crippen molar-refractivity contribution in [2.75, 3.05) is 4.66 Å². The van der Waals surface area contributed by atoms with Crippen LogP contribution in [-0.2, 0) is 9.84 Å². The van der Waals surface area contributed by atoms with E-state index in [1.807, 2.05) is 0 Å². The molecule has 2 atom stereocenters. The summed E-state index contributed by atoms with van der Waals surface area (Å²) in [7, 11) is -2.97. The Morgan fingerprint density at radius 2 is 1.79 bits per heavy atom. The number of alkyl halides is 2. The second-order valence-electron chi connectivity index (χ2n) is 3.45. The molecule has 0 saturated heterocycles. The quantitative estimate of drug-likeness (QED) is 0.569. The lowest BCUT2D eigenvalue weighted by atomic mass is 10.1. The number of halogens is 2. The van der Waals surface area contributed by atoms with Gasteiger partial charge in [-0.3, -0.25) is 0 Å². The van der Waals surface area contributed by atoms with Gasteiger partial charge in [0.25, 0.3) is 0 Å². The minimum Gasteiger partial charge on any atom is -0.228 e. The summed E-state index contributed by atoms with van der Waals surface area (Å²) in [5.41, 5.74) is 0. The molecule has 82 valence electrons. The number of allylic oxidation sites excluding steroid dienone is 2. The zero-order chi connectivity index (χ0) is 10.6. The van der Waals surface area contributed by atoms with Gasteiger partial charge >= 0.3 is 0 Å². The molecule has 1 rings (SSSR count). The van der Waals surface area contributed by atoms with Crippen LogP contribution in [-0.4, -0.2) is 23.2 Å². The standard InChI is InChI=1S/C9H14Br2O2S/c10-7-14(12,13)9-6-4-2-1-3-5-8(9)11/h1-2,8-9H,3-7H2/b2-1-. The largest absolute Gasteiger partial charge is 0.228 e. The zero-order valence-electron chi connectivity index (χ0n) is 7.83. The summed E-state index contributed by atoms with van der Waals surface area (Å²) in [5, 5.41) is -0.244. The highest BCUT2D eigenvalue weighted by Gasteiger charge is 2.30. The Balaban J connectivity index is 2.79. The van der Waals surface area contributed by atoms with Crippen molar-refractivity contribution in [3.05, 3.63) is 12.2 Å². The molecule has 0 aromatic carbocycles. The van der Waals surface area contributed by atoms with Gasteiger partial charge in [-0.1, -0.05) is 44.0 Å². The van der Waals surface area contributed by atoms with Crippen LogP contribution in [0.1, 0.15) is 25.7 Å². The van der Waals surface area contributed by atoms with Crippen LogP contribution in [0.25, 0.3) is 0 Å². The van der Waals surface area contributed by atoms with Crippen molar-refractivity contribution in [3.63, 3.8) is 0 Å². The molecule has 0 N–H and O–H groups in total. The van der Waals surface area contributed by atoms with Crippen LogP contribution in [0.2, 0.25) is 0 Å². The Morgan fingerprint density at radius 3 is 2.36 bits per heavy atom. The van der Waals surface area contributed by atoms with Crippen molar-refractivity contribution >= 4 is 41.7 Å². The molecule has 1 aliphatic rings. The monoisotopic (exact) mass is 344 g/mol. The van der Waals surface area contributed by atoms with E-state index < -0.39 is 9.84 Å². The molecule has 0 saturated carbocycles. The zero-order valence-corrected chi connectivity index (χ0v) is 11.8. The van der Waals surface area contributed by atoms with Crippen molar-refractivity contribution in [1.82, 2.24) is 0 Å². The number of sulfone groups is 1. The highest BCUT2D eigenvalue weighted by atomic mass is 79.9. The molecule has 5 heteroatoms. The van der Waals surface area contributed by atoms with E-state index >= 15 is 0 Å². The maximum atomic E-state index is 11.7. The molecule has 2 nitrogen and oxygen atoms in total. The van der Waals surface area contributed by atoms with Crippen LogP contribution in [0.3, 0.4) is 0 Å². The van der Waals surface area contributed by atoms with Gasteiger partial charge < -0.3 is 0 Å². The molecular formula is C9H14Br2O2S. The van der Waals surface area contributed by atoms with E-state index in [0.29, 0.717) is 0 Å². The van der Waals surface area contributed by atoms with Crippen LogP contribution < -0.4 is 0 Å². The summed E-state index contributed by atoms with van der Waals surface area (Å²) < 4.78 is 23.5. The Hall–Kier alpha value is 0.650. The first-order chi connectivity index (χ1) is 6.58. The molecule has 0 heterocycles. The van der Waals surface area contributed by atoms with Crippen molar-refractivity contribution < 1.29 is 8.42 Å². The molecule has 0 spiro atoms. The minimum absolute atomic E-state index is 0.0660. The average molecular weight is 346 g/mol. The first-order valence-electron chi connectivity index (χ1n) is 4.64.